The number of amides is 2. The van der Waals surface area contributed by atoms with Crippen molar-refractivity contribution in [3.63, 3.8) is 0 Å². The molecule has 2 amide bonds. The lowest BCUT2D eigenvalue weighted by molar-refractivity contribution is -0.146. The molecule has 0 spiro atoms. The summed E-state index contributed by atoms with van der Waals surface area (Å²) >= 11 is 0.701. The van der Waals surface area contributed by atoms with E-state index in [2.05, 4.69) is 10.1 Å². The monoisotopic (exact) mass is 336 g/mol. The molecule has 0 aliphatic carbocycles. The van der Waals surface area contributed by atoms with Crippen LogP contribution in [-0.4, -0.2) is 30.9 Å². The van der Waals surface area contributed by atoms with Crippen molar-refractivity contribution in [3.8, 4) is 0 Å². The van der Waals surface area contributed by atoms with Gasteiger partial charge in [-0.05, 0) is 20.1 Å². The van der Waals surface area contributed by atoms with Gasteiger partial charge >= 0.3 is 12.0 Å². The predicted octanol–water partition coefficient (Wildman–Crippen LogP) is 2.90. The molecule has 9 heteroatoms. The van der Waals surface area contributed by atoms with E-state index < -0.39 is 45.6 Å². The highest BCUT2D eigenvalue weighted by molar-refractivity contribution is 7.98. The standard InChI is InChI=1S/C13H15F3N2O3S/c1-13(2,11(19)21-3)18-12(20)17-7-5-6(14)10(22-4)9(16)8(7)15/h5H,1-4H3,(H2,17,18,20). The molecule has 5 nitrogen and oxygen atoms in total. The van der Waals surface area contributed by atoms with Crippen LogP contribution in [0.25, 0.3) is 0 Å². The molecular weight excluding hydrogens is 321 g/mol. The van der Waals surface area contributed by atoms with Crippen molar-refractivity contribution in [3.05, 3.63) is 23.5 Å². The van der Waals surface area contributed by atoms with Gasteiger partial charge in [-0.15, -0.1) is 11.8 Å². The number of hydrogen-bond acceptors (Lipinski definition) is 4. The van der Waals surface area contributed by atoms with Crippen LogP contribution < -0.4 is 10.6 Å². The van der Waals surface area contributed by atoms with Crippen LogP contribution in [0.2, 0.25) is 0 Å². The van der Waals surface area contributed by atoms with Crippen molar-refractivity contribution >= 4 is 29.4 Å². The summed E-state index contributed by atoms with van der Waals surface area (Å²) in [5, 5.41) is 4.17. The van der Waals surface area contributed by atoms with Crippen LogP contribution in [0.5, 0.6) is 0 Å². The molecule has 0 atom stereocenters. The Balaban J connectivity index is 2.97. The van der Waals surface area contributed by atoms with Crippen LogP contribution in [0.3, 0.4) is 0 Å². The number of thioether (sulfide) groups is 1. The number of rotatable bonds is 4. The Kier molecular flexibility index (Phi) is 5.70. The molecule has 0 fully saturated rings. The van der Waals surface area contributed by atoms with Crippen LogP contribution in [0.4, 0.5) is 23.7 Å². The average Bonchev–Trinajstić information content (AvgIpc) is 2.43. The minimum Gasteiger partial charge on any atom is -0.467 e. The number of nitrogens with one attached hydrogen (secondary N) is 2. The van der Waals surface area contributed by atoms with Gasteiger partial charge in [-0.3, -0.25) is 0 Å². The van der Waals surface area contributed by atoms with E-state index in [1.165, 1.54) is 20.1 Å². The minimum atomic E-state index is -1.40. The molecule has 0 bridgehead atoms. The number of methoxy groups -OCH3 is 1. The molecule has 1 aromatic rings. The van der Waals surface area contributed by atoms with Crippen LogP contribution in [-0.2, 0) is 9.53 Å². The fourth-order valence-electron chi connectivity index (χ4n) is 1.60. The number of anilines is 1. The molecular formula is C13H15F3N2O3S. The molecule has 0 heterocycles. The van der Waals surface area contributed by atoms with E-state index in [0.29, 0.717) is 17.8 Å². The van der Waals surface area contributed by atoms with Gasteiger partial charge in [0.2, 0.25) is 0 Å². The number of halogens is 3. The highest BCUT2D eigenvalue weighted by Crippen LogP contribution is 2.29. The first-order valence-corrected chi connectivity index (χ1v) is 7.25. The lowest BCUT2D eigenvalue weighted by Crippen LogP contribution is -2.51. The Hall–Kier alpha value is -1.90. The molecule has 0 aliphatic heterocycles. The second-order valence-corrected chi connectivity index (χ2v) is 5.58. The Bertz CT molecular complexity index is 609. The first-order valence-electron chi connectivity index (χ1n) is 6.03. The normalized spacial score (nSPS) is 11.0. The highest BCUT2D eigenvalue weighted by Gasteiger charge is 2.31. The van der Waals surface area contributed by atoms with Crippen molar-refractivity contribution < 1.29 is 27.5 Å². The van der Waals surface area contributed by atoms with E-state index in [1.807, 2.05) is 5.32 Å². The zero-order valence-electron chi connectivity index (χ0n) is 12.3. The van der Waals surface area contributed by atoms with Crippen LogP contribution in [0.15, 0.2) is 11.0 Å². The Morgan fingerprint density at radius 2 is 1.82 bits per heavy atom. The second-order valence-electron chi connectivity index (χ2n) is 4.76. The third-order valence-corrected chi connectivity index (χ3v) is 3.47. The number of benzene rings is 1. The van der Waals surface area contributed by atoms with Crippen molar-refractivity contribution in [2.75, 3.05) is 18.7 Å². The Labute approximate surface area is 129 Å². The Morgan fingerprint density at radius 3 is 2.32 bits per heavy atom. The molecule has 1 rings (SSSR count). The summed E-state index contributed by atoms with van der Waals surface area (Å²) in [7, 11) is 1.13. The van der Waals surface area contributed by atoms with Crippen molar-refractivity contribution in [2.45, 2.75) is 24.3 Å². The summed E-state index contributed by atoms with van der Waals surface area (Å²) in [5.41, 5.74) is -2.07. The molecule has 0 aromatic heterocycles. The van der Waals surface area contributed by atoms with Gasteiger partial charge in [0.15, 0.2) is 11.6 Å². The highest BCUT2D eigenvalue weighted by atomic mass is 32.2. The van der Waals surface area contributed by atoms with E-state index in [4.69, 9.17) is 0 Å². The molecule has 0 saturated heterocycles. The SMILES string of the molecule is COC(=O)C(C)(C)NC(=O)Nc1cc(F)c(SC)c(F)c1F. The zero-order chi connectivity index (χ0) is 17.1. The summed E-state index contributed by atoms with van der Waals surface area (Å²) in [4.78, 5) is 22.7. The third kappa shape index (κ3) is 3.85. The summed E-state index contributed by atoms with van der Waals surface area (Å²) in [6.45, 7) is 2.71. The van der Waals surface area contributed by atoms with E-state index in [-0.39, 0.29) is 0 Å². The number of carbonyl (C=O) groups is 2. The summed E-state index contributed by atoms with van der Waals surface area (Å²) < 4.78 is 45.4. The minimum absolute atomic E-state index is 0.488. The van der Waals surface area contributed by atoms with Gasteiger partial charge in [0.05, 0.1) is 17.7 Å². The average molecular weight is 336 g/mol. The van der Waals surface area contributed by atoms with E-state index >= 15 is 0 Å². The number of hydrogen-bond donors (Lipinski definition) is 2. The summed E-state index contributed by atoms with van der Waals surface area (Å²) in [6, 6.07) is -0.348. The van der Waals surface area contributed by atoms with Gasteiger partial charge < -0.3 is 15.4 Å². The van der Waals surface area contributed by atoms with Crippen LogP contribution >= 0.6 is 11.8 Å². The maximum absolute atomic E-state index is 13.8. The molecule has 122 valence electrons. The molecule has 0 aliphatic rings. The number of ether oxygens (including phenoxy) is 1. The largest absolute Gasteiger partial charge is 0.467 e. The third-order valence-electron chi connectivity index (χ3n) is 2.69. The van der Waals surface area contributed by atoms with E-state index in [1.54, 1.807) is 0 Å². The zero-order valence-corrected chi connectivity index (χ0v) is 13.2. The van der Waals surface area contributed by atoms with Gasteiger partial charge in [0, 0.05) is 6.07 Å². The van der Waals surface area contributed by atoms with Gasteiger partial charge in [-0.2, -0.15) is 0 Å². The van der Waals surface area contributed by atoms with E-state index in [9.17, 15) is 22.8 Å². The lowest BCUT2D eigenvalue weighted by atomic mass is 10.1. The molecule has 0 saturated carbocycles. The van der Waals surface area contributed by atoms with Gasteiger partial charge in [0.1, 0.15) is 11.4 Å². The molecule has 0 unspecified atom stereocenters. The fraction of sp³-hybridized carbons (Fsp3) is 0.385. The van der Waals surface area contributed by atoms with E-state index in [0.717, 1.165) is 7.11 Å². The van der Waals surface area contributed by atoms with Crippen molar-refractivity contribution in [2.24, 2.45) is 0 Å². The smallest absolute Gasteiger partial charge is 0.331 e. The first-order chi connectivity index (χ1) is 10.1. The second kappa shape index (κ2) is 6.91. The lowest BCUT2D eigenvalue weighted by Gasteiger charge is -2.23. The predicted molar refractivity (Wildman–Crippen MR) is 76.3 cm³/mol. The van der Waals surface area contributed by atoms with Crippen LogP contribution in [0.1, 0.15) is 13.8 Å². The fourth-order valence-corrected chi connectivity index (χ4v) is 2.12. The van der Waals surface area contributed by atoms with Crippen LogP contribution in [0, 0.1) is 17.5 Å². The molecule has 1 aromatic carbocycles. The summed E-state index contributed by atoms with van der Waals surface area (Å²) in [6.07, 6.45) is 1.39. The number of urea groups is 1. The maximum atomic E-state index is 13.8. The molecule has 0 radical (unpaired) electrons. The van der Waals surface area contributed by atoms with Gasteiger partial charge in [-0.1, -0.05) is 0 Å². The quantitative estimate of drug-likeness (QED) is 0.504. The number of esters is 1. The first kappa shape index (κ1) is 18.1. The van der Waals surface area contributed by atoms with Crippen molar-refractivity contribution in [1.29, 1.82) is 0 Å². The summed E-state index contributed by atoms with van der Waals surface area (Å²) in [5.74, 6) is -4.53. The molecule has 2 N–H and O–H groups in total. The number of carbonyl (C=O) groups excluding carboxylic acids is 2. The van der Waals surface area contributed by atoms with Gasteiger partial charge in [-0.25, -0.2) is 22.8 Å². The van der Waals surface area contributed by atoms with Gasteiger partial charge in [0.25, 0.3) is 0 Å². The maximum Gasteiger partial charge on any atom is 0.331 e. The Morgan fingerprint density at radius 1 is 1.23 bits per heavy atom. The molecule has 22 heavy (non-hydrogen) atoms. The topological polar surface area (TPSA) is 67.4 Å². The van der Waals surface area contributed by atoms with Crippen molar-refractivity contribution in [1.82, 2.24) is 5.32 Å².